The average molecular weight is 1440 g/mol. The van der Waals surface area contributed by atoms with E-state index in [0.717, 1.165) is 56.7 Å². The molecule has 6 amide bonds. The monoisotopic (exact) mass is 1440 g/mol. The number of rotatable bonds is 20. The lowest BCUT2D eigenvalue weighted by Crippen LogP contribution is -2.53. The predicted molar refractivity (Wildman–Crippen MR) is 358 cm³/mol. The summed E-state index contributed by atoms with van der Waals surface area (Å²) in [5.74, 6) is 2.92. The summed E-state index contributed by atoms with van der Waals surface area (Å²) in [5.41, 5.74) is 3.12. The van der Waals surface area contributed by atoms with Crippen molar-refractivity contribution in [2.75, 3.05) is 42.3 Å². The third kappa shape index (κ3) is 16.9. The maximum Gasteiger partial charge on any atom is 0.409 e. The van der Waals surface area contributed by atoms with Crippen molar-refractivity contribution in [2.45, 2.75) is 134 Å². The molecule has 99 heavy (non-hydrogen) atoms. The van der Waals surface area contributed by atoms with Gasteiger partial charge in [0, 0.05) is 55.9 Å². The lowest BCUT2D eigenvalue weighted by atomic mass is 10.0. The molecule has 36 heteroatoms. The summed E-state index contributed by atoms with van der Waals surface area (Å²) in [6, 6.07) is 19.7. The number of aliphatic hydroxyl groups excluding tert-OH is 1. The highest BCUT2D eigenvalue weighted by Crippen LogP contribution is 2.60. The van der Waals surface area contributed by atoms with Gasteiger partial charge in [0.2, 0.25) is 29.5 Å². The fourth-order valence-corrected chi connectivity index (χ4v) is 14.4. The summed E-state index contributed by atoms with van der Waals surface area (Å²) >= 11 is 8.12. The van der Waals surface area contributed by atoms with Gasteiger partial charge >= 0.3 is 19.7 Å². The Balaban J connectivity index is 0.605. The Kier molecular flexibility index (Phi) is 22.5. The van der Waals surface area contributed by atoms with E-state index in [1.807, 2.05) is 48.5 Å². The number of thiol groups is 2. The molecule has 30 nitrogen and oxygen atoms in total. The molecule has 0 saturated carbocycles. The minimum Gasteiger partial charge on any atom is -0.445 e. The van der Waals surface area contributed by atoms with Crippen LogP contribution in [-0.4, -0.2) is 155 Å². The van der Waals surface area contributed by atoms with Gasteiger partial charge in [0.25, 0.3) is 5.56 Å². The number of aromatic nitrogens is 7. The number of anilines is 3. The van der Waals surface area contributed by atoms with Crippen molar-refractivity contribution in [1.82, 2.24) is 49.6 Å². The number of aromatic amines is 1. The van der Waals surface area contributed by atoms with Crippen molar-refractivity contribution in [3.05, 3.63) is 136 Å². The molecule has 7 aromatic rings. The van der Waals surface area contributed by atoms with Gasteiger partial charge in [0.15, 0.2) is 47.1 Å². The van der Waals surface area contributed by atoms with Crippen LogP contribution in [0.5, 0.6) is 0 Å². The number of halogens is 2. The van der Waals surface area contributed by atoms with Crippen LogP contribution in [0.1, 0.15) is 94.0 Å². The summed E-state index contributed by atoms with van der Waals surface area (Å²) in [7, 11) is 1.48. The average Bonchev–Trinajstić information content (AvgIpc) is 1.62. The first-order valence-electron chi connectivity index (χ1n) is 31.3. The molecular formula is C63H69F2N13O17P2S2. The maximum absolute atomic E-state index is 16.7. The van der Waals surface area contributed by atoms with Crippen LogP contribution in [-0.2, 0) is 78.6 Å². The Hall–Kier alpha value is -8.45. The van der Waals surface area contributed by atoms with Gasteiger partial charge in [0.05, 0.1) is 38.1 Å². The third-order valence-electron chi connectivity index (χ3n) is 16.7. The molecule has 0 radical (unpaired) electrons. The number of hydrogen-bond acceptors (Lipinski definition) is 21. The van der Waals surface area contributed by atoms with Gasteiger partial charge < -0.3 is 59.9 Å². The molecule has 6 N–H and O–H groups in total. The fraction of sp³-hybridized carbons (Fsp3) is 0.413. The van der Waals surface area contributed by atoms with E-state index in [1.165, 1.54) is 18.9 Å². The van der Waals surface area contributed by atoms with Crippen molar-refractivity contribution in [3.63, 3.8) is 0 Å². The number of H-pyrrole nitrogens is 1. The van der Waals surface area contributed by atoms with Crippen LogP contribution >= 0.6 is 38.1 Å². The molecule has 11 rings (SSSR count). The number of unbranched alkanes of at least 4 members (excludes halogenated alkanes) is 1. The molecule has 4 aliphatic rings. The minimum absolute atomic E-state index is 0.00409. The first-order chi connectivity index (χ1) is 47.3. The molecule has 0 spiro atoms. The number of carbonyl (C=O) groups excluding carboxylic acids is 6. The van der Waals surface area contributed by atoms with E-state index in [1.54, 1.807) is 43.0 Å². The van der Waals surface area contributed by atoms with Crippen LogP contribution in [0.3, 0.4) is 0 Å². The molecule has 1 unspecified atom stereocenters. The predicted octanol–water partition coefficient (Wildman–Crippen LogP) is 7.17. The van der Waals surface area contributed by atoms with E-state index >= 15 is 8.78 Å². The van der Waals surface area contributed by atoms with Crippen LogP contribution < -0.4 is 31.7 Å². The first kappa shape index (κ1) is 71.8. The molecule has 524 valence electrons. The second kappa shape index (κ2) is 31.0. The molecule has 3 saturated heterocycles. The van der Waals surface area contributed by atoms with Gasteiger partial charge in [-0.3, -0.25) is 51.4 Å². The van der Waals surface area contributed by atoms with Crippen LogP contribution in [0.4, 0.5) is 30.8 Å². The van der Waals surface area contributed by atoms with Crippen molar-refractivity contribution in [2.24, 2.45) is 5.92 Å². The number of aliphatic hydroxyl groups is 1. The Bertz CT molecular complexity index is 4440. The number of hydrogen-bond donors (Lipinski definition) is 8. The number of amides is 6. The Morgan fingerprint density at radius 3 is 2.22 bits per heavy atom. The summed E-state index contributed by atoms with van der Waals surface area (Å²) < 4.78 is 101. The SMILES string of the molecule is CC(C)[C@H](NC(=O)CCCCC(=O)N1Cc2ccccc2C#Cc2ccccc21)C(=O)N[C@@H](C)C(=O)Nc1ccc(COC(=O)N(C)CCCC(=O)Nc2ncnc3c2ncn3[C@@H]2O[C@@H]3CO[P@@](=O)(S)O[C@H]4C(n5cc(F)c6c(=O)[nH]cnc65)O[C@H](CO[P@@](=O)(S)O[C@H]3[C@H]2F)[C@H]4O)cc1. The normalized spacial score (nSPS) is 24.2. The van der Waals surface area contributed by atoms with E-state index in [9.17, 15) is 47.8 Å². The summed E-state index contributed by atoms with van der Waals surface area (Å²) in [4.78, 5) is 114. The standard InChI is InChI=1S/C63H69F2N13O17P2S2/c1-34(2)50(73-45(79)16-9-10-18-47(81)76-26-39-14-6-5-12-37(39)21-22-38-13-7-8-15-42(38)76)60(85)71-35(3)58(83)72-40-23-19-36(20-24-40)28-89-63(86)75(4)25-11-17-46(80)74-55-51-57(68-31-66-55)78(33-70-51)61-49(65)53-44(93-61)30-91-97(88,99)95-54-52(82)43(29-90-96(87,98)94-53)92-62(54)77-27-41(64)48-56(77)67-32-69-59(48)84/h5-8,12-15,19-20,23-24,27,31-35,43-44,49-50,52-54,61-62,82H,9-11,16-18,25-26,28-30H2,1-4H3,(H,71,85)(H,72,83)(H,73,79)(H,87,98)(H,88,99)(H,67,69,84)(H,66,68,74,80)/t35-,43+,44+,49+,50-,52+,53+,54+,61+,62?,96+,97+/m0/s1. The molecule has 4 aromatic heterocycles. The zero-order valence-electron chi connectivity index (χ0n) is 53.5. The molecule has 12 atom stereocenters. The van der Waals surface area contributed by atoms with E-state index in [4.69, 9.17) is 32.3 Å². The smallest absolute Gasteiger partial charge is 0.409 e. The zero-order valence-corrected chi connectivity index (χ0v) is 57.0. The second-order valence-corrected chi connectivity index (χ2v) is 29.8. The fourth-order valence-electron chi connectivity index (χ4n) is 11.5. The molecule has 4 aliphatic heterocycles. The Morgan fingerprint density at radius 2 is 1.46 bits per heavy atom. The Morgan fingerprint density at radius 1 is 0.788 bits per heavy atom. The third-order valence-corrected chi connectivity index (χ3v) is 19.9. The van der Waals surface area contributed by atoms with Gasteiger partial charge in [-0.1, -0.05) is 92.7 Å². The number of alkyl halides is 1. The van der Waals surface area contributed by atoms with Gasteiger partial charge in [-0.25, -0.2) is 42.6 Å². The lowest BCUT2D eigenvalue weighted by Gasteiger charge is -2.26. The summed E-state index contributed by atoms with van der Waals surface area (Å²) in [6.45, 7) is -5.43. The highest BCUT2D eigenvalue weighted by molar-refractivity contribution is 8.44. The molecular weight excluding hydrogens is 1370 g/mol. The topological polar surface area (TPSA) is 370 Å². The lowest BCUT2D eigenvalue weighted by molar-refractivity contribution is -0.131. The Labute approximate surface area is 574 Å². The largest absolute Gasteiger partial charge is 0.445 e. The highest BCUT2D eigenvalue weighted by Gasteiger charge is 2.54. The summed E-state index contributed by atoms with van der Waals surface area (Å²) in [6.07, 6.45) is -9.16. The number of fused-ring (bicyclic) bond motifs is 7. The first-order valence-corrected chi connectivity index (χ1v) is 36.7. The van der Waals surface area contributed by atoms with Crippen molar-refractivity contribution in [1.29, 1.82) is 0 Å². The van der Waals surface area contributed by atoms with Crippen LogP contribution in [0.25, 0.3) is 22.2 Å². The maximum atomic E-state index is 16.7. The van der Waals surface area contributed by atoms with Gasteiger partial charge in [-0.2, -0.15) is 0 Å². The van der Waals surface area contributed by atoms with Crippen LogP contribution in [0, 0.1) is 23.6 Å². The number of nitrogens with zero attached hydrogens (tertiary/aromatic N) is 8. The number of imidazole rings is 1. The van der Waals surface area contributed by atoms with E-state index in [-0.39, 0.29) is 79.2 Å². The minimum atomic E-state index is -4.62. The number of para-hydroxylation sites is 1. The highest BCUT2D eigenvalue weighted by atomic mass is 32.7. The quantitative estimate of drug-likeness (QED) is 0.0162. The number of ether oxygens (including phenoxy) is 3. The molecule has 0 aliphatic carbocycles. The van der Waals surface area contributed by atoms with Gasteiger partial charge in [0.1, 0.15) is 60.9 Å². The summed E-state index contributed by atoms with van der Waals surface area (Å²) in [5, 5.41) is 21.7. The van der Waals surface area contributed by atoms with Crippen molar-refractivity contribution >= 4 is 113 Å². The molecule has 2 bridgehead atoms. The second-order valence-electron chi connectivity index (χ2n) is 24.0. The molecule has 3 aromatic carbocycles. The number of nitrogens with one attached hydrogen (secondary N) is 5. The van der Waals surface area contributed by atoms with Crippen molar-refractivity contribution < 1.29 is 84.1 Å². The van der Waals surface area contributed by atoms with E-state index in [0.29, 0.717) is 30.6 Å². The van der Waals surface area contributed by atoms with Gasteiger partial charge in [-0.05, 0) is 73.6 Å². The number of carbonyl (C=O) groups is 6. The van der Waals surface area contributed by atoms with E-state index < -0.39 is 129 Å². The molecule has 3 fully saturated rings. The molecule has 8 heterocycles. The van der Waals surface area contributed by atoms with Crippen molar-refractivity contribution in [3.8, 4) is 11.8 Å². The zero-order chi connectivity index (χ0) is 70.4. The van der Waals surface area contributed by atoms with Crippen LogP contribution in [0.15, 0.2) is 103 Å². The van der Waals surface area contributed by atoms with Crippen LogP contribution in [0.2, 0.25) is 0 Å². The van der Waals surface area contributed by atoms with Gasteiger partial charge in [-0.15, -0.1) is 0 Å². The number of benzene rings is 3. The van der Waals surface area contributed by atoms with E-state index in [2.05, 4.69) is 82.5 Å².